The quantitative estimate of drug-likeness (QED) is 0.690. The molecule has 0 unspecified atom stereocenters. The molecule has 1 aromatic heterocycles. The summed E-state index contributed by atoms with van der Waals surface area (Å²) in [5, 5.41) is 2.86. The molecular weight excluding hydrogens is 401 g/mol. The molecule has 0 spiro atoms. The predicted molar refractivity (Wildman–Crippen MR) is 79.1 cm³/mol. The fourth-order valence-corrected chi connectivity index (χ4v) is 2.27. The average Bonchev–Trinajstić information content (AvgIpc) is 2.35. The fraction of sp³-hybridized carbons (Fsp3) is 0.154. The van der Waals surface area contributed by atoms with Gasteiger partial charge in [0.15, 0.2) is 0 Å². The normalized spacial score (nSPS) is 11.5. The maximum Gasteiger partial charge on any atom is 0.417 e. The highest BCUT2D eigenvalue weighted by molar-refractivity contribution is 9.10. The second-order valence-corrected chi connectivity index (χ2v) is 5.79. The summed E-state index contributed by atoms with van der Waals surface area (Å²) in [6.07, 6.45) is -4.40. The number of hydrogen-bond acceptors (Lipinski definition) is 2. The highest BCUT2D eigenvalue weighted by Crippen LogP contribution is 2.36. The Labute approximate surface area is 130 Å². The van der Waals surface area contributed by atoms with E-state index in [1.807, 2.05) is 0 Å². The number of aryl methyl sites for hydroxylation is 1. The minimum Gasteiger partial charge on any atom is -0.340 e. The van der Waals surface area contributed by atoms with Crippen molar-refractivity contribution in [2.24, 2.45) is 0 Å². The second kappa shape index (κ2) is 5.73. The summed E-state index contributed by atoms with van der Waals surface area (Å²) < 4.78 is 39.3. The number of rotatable bonds is 2. The lowest BCUT2D eigenvalue weighted by molar-refractivity contribution is -0.138. The molecule has 1 heterocycles. The van der Waals surface area contributed by atoms with Gasteiger partial charge in [0, 0.05) is 14.6 Å². The molecule has 0 atom stereocenters. The first-order chi connectivity index (χ1) is 9.27. The van der Waals surface area contributed by atoms with E-state index in [0.29, 0.717) is 11.5 Å². The van der Waals surface area contributed by atoms with Crippen LogP contribution in [0.2, 0.25) is 0 Å². The van der Waals surface area contributed by atoms with Crippen LogP contribution in [0, 0.1) is 6.92 Å². The predicted octanol–water partition coefficient (Wildman–Crippen LogP) is 5.68. The number of benzene rings is 1. The van der Waals surface area contributed by atoms with Gasteiger partial charge in [0.1, 0.15) is 5.82 Å². The topological polar surface area (TPSA) is 24.9 Å². The SMILES string of the molecule is Cc1nc(Nc2ccc(Br)c(C(F)(F)F)c2)ccc1Br. The van der Waals surface area contributed by atoms with Gasteiger partial charge in [0.25, 0.3) is 0 Å². The van der Waals surface area contributed by atoms with Crippen molar-refractivity contribution in [2.75, 3.05) is 5.32 Å². The lowest BCUT2D eigenvalue weighted by atomic mass is 10.2. The summed E-state index contributed by atoms with van der Waals surface area (Å²) in [4.78, 5) is 4.23. The fourth-order valence-electron chi connectivity index (χ4n) is 1.58. The van der Waals surface area contributed by atoms with E-state index in [1.165, 1.54) is 6.07 Å². The molecule has 2 nitrogen and oxygen atoms in total. The van der Waals surface area contributed by atoms with Gasteiger partial charge in [-0.1, -0.05) is 15.9 Å². The number of alkyl halides is 3. The summed E-state index contributed by atoms with van der Waals surface area (Å²) in [5.74, 6) is 0.487. The van der Waals surface area contributed by atoms with Crippen molar-refractivity contribution >= 4 is 43.4 Å². The molecule has 0 aliphatic heterocycles. The van der Waals surface area contributed by atoms with Crippen molar-refractivity contribution in [3.05, 3.63) is 50.5 Å². The van der Waals surface area contributed by atoms with Crippen LogP contribution in [0.4, 0.5) is 24.7 Å². The van der Waals surface area contributed by atoms with Crippen LogP contribution in [-0.4, -0.2) is 4.98 Å². The molecule has 0 amide bonds. The number of nitrogens with one attached hydrogen (secondary N) is 1. The van der Waals surface area contributed by atoms with Gasteiger partial charge >= 0.3 is 6.18 Å². The molecule has 2 aromatic rings. The molecule has 0 aliphatic carbocycles. The van der Waals surface area contributed by atoms with Crippen molar-refractivity contribution in [1.29, 1.82) is 0 Å². The van der Waals surface area contributed by atoms with Gasteiger partial charge in [-0.3, -0.25) is 0 Å². The average molecular weight is 410 g/mol. The van der Waals surface area contributed by atoms with Crippen LogP contribution in [0.1, 0.15) is 11.3 Å². The Bertz CT molecular complexity index is 642. The van der Waals surface area contributed by atoms with E-state index in [9.17, 15) is 13.2 Å². The molecule has 1 N–H and O–H groups in total. The summed E-state index contributed by atoms with van der Waals surface area (Å²) in [6, 6.07) is 7.43. The van der Waals surface area contributed by atoms with Crippen LogP contribution < -0.4 is 5.32 Å². The Morgan fingerprint density at radius 3 is 2.30 bits per heavy atom. The largest absolute Gasteiger partial charge is 0.417 e. The molecule has 0 bridgehead atoms. The highest BCUT2D eigenvalue weighted by atomic mass is 79.9. The molecule has 2 rings (SSSR count). The van der Waals surface area contributed by atoms with Gasteiger partial charge in [-0.15, -0.1) is 0 Å². The zero-order valence-electron chi connectivity index (χ0n) is 10.2. The Hall–Kier alpha value is -1.08. The Morgan fingerprint density at radius 1 is 1.05 bits per heavy atom. The van der Waals surface area contributed by atoms with Gasteiger partial charge in [-0.25, -0.2) is 4.98 Å². The van der Waals surface area contributed by atoms with Crippen LogP contribution in [-0.2, 0) is 6.18 Å². The van der Waals surface area contributed by atoms with Gasteiger partial charge in [-0.05, 0) is 53.2 Å². The third-order valence-corrected chi connectivity index (χ3v) is 4.10. The number of aromatic nitrogens is 1. The first kappa shape index (κ1) is 15.3. The first-order valence-corrected chi connectivity index (χ1v) is 7.13. The molecule has 0 aliphatic rings. The van der Waals surface area contributed by atoms with Gasteiger partial charge in [0.05, 0.1) is 11.3 Å². The molecule has 20 heavy (non-hydrogen) atoms. The van der Waals surface area contributed by atoms with Crippen molar-refractivity contribution < 1.29 is 13.2 Å². The molecule has 0 saturated heterocycles. The van der Waals surface area contributed by atoms with Crippen LogP contribution in [0.3, 0.4) is 0 Å². The van der Waals surface area contributed by atoms with E-state index in [-0.39, 0.29) is 4.47 Å². The molecule has 1 aromatic carbocycles. The maximum absolute atomic E-state index is 12.8. The van der Waals surface area contributed by atoms with Crippen LogP contribution in [0.15, 0.2) is 39.3 Å². The Kier molecular flexibility index (Phi) is 4.39. The van der Waals surface area contributed by atoms with E-state index in [2.05, 4.69) is 42.2 Å². The van der Waals surface area contributed by atoms with E-state index in [1.54, 1.807) is 25.1 Å². The van der Waals surface area contributed by atoms with Crippen molar-refractivity contribution in [1.82, 2.24) is 4.98 Å². The van der Waals surface area contributed by atoms with Crippen molar-refractivity contribution in [3.63, 3.8) is 0 Å². The van der Waals surface area contributed by atoms with Crippen molar-refractivity contribution in [2.45, 2.75) is 13.1 Å². The van der Waals surface area contributed by atoms with Gasteiger partial charge in [0.2, 0.25) is 0 Å². The summed E-state index contributed by atoms with van der Waals surface area (Å²) in [7, 11) is 0. The van der Waals surface area contributed by atoms with Crippen LogP contribution in [0.25, 0.3) is 0 Å². The van der Waals surface area contributed by atoms with Gasteiger partial charge < -0.3 is 5.32 Å². The smallest absolute Gasteiger partial charge is 0.340 e. The first-order valence-electron chi connectivity index (χ1n) is 5.54. The monoisotopic (exact) mass is 408 g/mol. The number of anilines is 2. The van der Waals surface area contributed by atoms with Crippen LogP contribution in [0.5, 0.6) is 0 Å². The van der Waals surface area contributed by atoms with E-state index in [4.69, 9.17) is 0 Å². The van der Waals surface area contributed by atoms with Gasteiger partial charge in [-0.2, -0.15) is 13.2 Å². The Morgan fingerprint density at radius 2 is 1.70 bits per heavy atom. The number of nitrogens with zero attached hydrogens (tertiary/aromatic N) is 1. The molecule has 0 saturated carbocycles. The zero-order valence-corrected chi connectivity index (χ0v) is 13.4. The summed E-state index contributed by atoms with van der Waals surface area (Å²) >= 11 is 6.22. The molecule has 0 fully saturated rings. The molecule has 7 heteroatoms. The number of halogens is 5. The minimum atomic E-state index is -4.40. The molecule has 106 valence electrons. The van der Waals surface area contributed by atoms with Crippen LogP contribution >= 0.6 is 31.9 Å². The lowest BCUT2D eigenvalue weighted by Crippen LogP contribution is -2.07. The highest BCUT2D eigenvalue weighted by Gasteiger charge is 2.33. The third-order valence-electron chi connectivity index (χ3n) is 2.57. The number of hydrogen-bond donors (Lipinski definition) is 1. The lowest BCUT2D eigenvalue weighted by Gasteiger charge is -2.12. The summed E-state index contributed by atoms with van der Waals surface area (Å²) in [6.45, 7) is 1.80. The minimum absolute atomic E-state index is 0.00972. The molecular formula is C13H9Br2F3N2. The van der Waals surface area contributed by atoms with Crippen molar-refractivity contribution in [3.8, 4) is 0 Å². The molecule has 0 radical (unpaired) electrons. The zero-order chi connectivity index (χ0) is 14.9. The third kappa shape index (κ3) is 3.52. The second-order valence-electron chi connectivity index (χ2n) is 4.08. The standard InChI is InChI=1S/C13H9Br2F3N2/c1-7-10(14)4-5-12(19-7)20-8-2-3-11(15)9(6-8)13(16,17)18/h2-6H,1H3,(H,19,20). The van der Waals surface area contributed by atoms with E-state index >= 15 is 0 Å². The van der Waals surface area contributed by atoms with E-state index in [0.717, 1.165) is 16.2 Å². The number of pyridine rings is 1. The Balaban J connectivity index is 2.32. The summed E-state index contributed by atoms with van der Waals surface area (Å²) in [5.41, 5.74) is 0.356. The van der Waals surface area contributed by atoms with E-state index < -0.39 is 11.7 Å². The maximum atomic E-state index is 12.8.